The smallest absolute Gasteiger partial charge is 0.0641 e. The minimum atomic E-state index is 0.391. The summed E-state index contributed by atoms with van der Waals surface area (Å²) in [7, 11) is 1.99. The van der Waals surface area contributed by atoms with Crippen LogP contribution in [-0.2, 0) is 7.05 Å². The van der Waals surface area contributed by atoms with Crippen molar-refractivity contribution in [2.45, 2.75) is 58.5 Å². The number of aryl methyl sites for hydroxylation is 2. The number of likely N-dealkylation sites (tertiary alicyclic amines) is 1. The van der Waals surface area contributed by atoms with Crippen LogP contribution in [-0.4, -0.2) is 40.4 Å². The Hall–Kier alpha value is -0.870. The van der Waals surface area contributed by atoms with E-state index in [9.17, 15) is 0 Å². The predicted molar refractivity (Wildman–Crippen MR) is 83.9 cm³/mol. The van der Waals surface area contributed by atoms with Gasteiger partial charge in [0.15, 0.2) is 0 Å². The molecule has 1 aliphatic heterocycles. The lowest BCUT2D eigenvalue weighted by Gasteiger charge is -2.33. The Kier molecular flexibility index (Phi) is 5.61. The molecule has 1 aliphatic rings. The van der Waals surface area contributed by atoms with Crippen molar-refractivity contribution in [1.82, 2.24) is 20.0 Å². The second-order valence-electron chi connectivity index (χ2n) is 6.25. The topological polar surface area (TPSA) is 33.1 Å². The Morgan fingerprint density at radius 1 is 1.45 bits per heavy atom. The average molecular weight is 278 g/mol. The molecule has 0 saturated carbocycles. The van der Waals surface area contributed by atoms with E-state index in [0.29, 0.717) is 6.04 Å². The maximum absolute atomic E-state index is 4.41. The van der Waals surface area contributed by atoms with Crippen LogP contribution in [0.15, 0.2) is 6.20 Å². The third kappa shape index (κ3) is 4.06. The molecule has 2 atom stereocenters. The third-order valence-corrected chi connectivity index (χ3v) is 4.53. The zero-order valence-corrected chi connectivity index (χ0v) is 13.5. The molecule has 0 radical (unpaired) electrons. The lowest BCUT2D eigenvalue weighted by molar-refractivity contribution is 0.158. The van der Waals surface area contributed by atoms with Crippen molar-refractivity contribution < 1.29 is 0 Å². The first-order valence-electron chi connectivity index (χ1n) is 8.05. The standard InChI is InChI=1S/C16H30N4/c1-13-8-5-6-10-20(13)11-7-9-17-14(2)16-12-19(4)18-15(16)3/h12-14,17H,5-11H2,1-4H3. The van der Waals surface area contributed by atoms with E-state index in [1.54, 1.807) is 0 Å². The number of rotatable bonds is 6. The maximum atomic E-state index is 4.41. The van der Waals surface area contributed by atoms with E-state index >= 15 is 0 Å². The molecule has 0 aromatic carbocycles. The number of hydrogen-bond acceptors (Lipinski definition) is 3. The van der Waals surface area contributed by atoms with Crippen molar-refractivity contribution in [3.63, 3.8) is 0 Å². The summed E-state index contributed by atoms with van der Waals surface area (Å²) in [6.45, 7) is 10.3. The van der Waals surface area contributed by atoms with Crippen LogP contribution in [0.3, 0.4) is 0 Å². The molecule has 1 saturated heterocycles. The van der Waals surface area contributed by atoms with E-state index < -0.39 is 0 Å². The number of piperidine rings is 1. The van der Waals surface area contributed by atoms with Crippen LogP contribution >= 0.6 is 0 Å². The zero-order chi connectivity index (χ0) is 14.5. The molecule has 0 bridgehead atoms. The van der Waals surface area contributed by atoms with Gasteiger partial charge < -0.3 is 10.2 Å². The van der Waals surface area contributed by atoms with Crippen molar-refractivity contribution in [2.24, 2.45) is 7.05 Å². The van der Waals surface area contributed by atoms with E-state index in [2.05, 4.69) is 42.3 Å². The summed E-state index contributed by atoms with van der Waals surface area (Å²) < 4.78 is 1.90. The van der Waals surface area contributed by atoms with E-state index in [-0.39, 0.29) is 0 Å². The highest BCUT2D eigenvalue weighted by atomic mass is 15.3. The van der Waals surface area contributed by atoms with Gasteiger partial charge in [0.2, 0.25) is 0 Å². The van der Waals surface area contributed by atoms with Crippen molar-refractivity contribution in [3.05, 3.63) is 17.5 Å². The van der Waals surface area contributed by atoms with Crippen molar-refractivity contribution >= 4 is 0 Å². The molecule has 0 amide bonds. The monoisotopic (exact) mass is 278 g/mol. The molecule has 4 heteroatoms. The summed E-state index contributed by atoms with van der Waals surface area (Å²) in [5.41, 5.74) is 2.45. The minimum absolute atomic E-state index is 0.391. The number of aromatic nitrogens is 2. The largest absolute Gasteiger partial charge is 0.310 e. The summed E-state index contributed by atoms with van der Waals surface area (Å²) >= 11 is 0. The SMILES string of the molecule is Cc1nn(C)cc1C(C)NCCCN1CCCCC1C. The van der Waals surface area contributed by atoms with Crippen LogP contribution in [0.4, 0.5) is 0 Å². The predicted octanol–water partition coefficient (Wildman–Crippen LogP) is 2.64. The van der Waals surface area contributed by atoms with Crippen LogP contribution in [0.1, 0.15) is 56.8 Å². The molecule has 0 aliphatic carbocycles. The van der Waals surface area contributed by atoms with Crippen LogP contribution < -0.4 is 5.32 Å². The van der Waals surface area contributed by atoms with Gasteiger partial charge in [-0.25, -0.2) is 0 Å². The van der Waals surface area contributed by atoms with Crippen molar-refractivity contribution in [2.75, 3.05) is 19.6 Å². The quantitative estimate of drug-likeness (QED) is 0.812. The fraction of sp³-hybridized carbons (Fsp3) is 0.812. The van der Waals surface area contributed by atoms with Gasteiger partial charge in [0, 0.05) is 30.9 Å². The van der Waals surface area contributed by atoms with Crippen molar-refractivity contribution in [1.29, 1.82) is 0 Å². The highest BCUT2D eigenvalue weighted by Gasteiger charge is 2.17. The van der Waals surface area contributed by atoms with Gasteiger partial charge in [-0.15, -0.1) is 0 Å². The molecule has 0 spiro atoms. The Balaban J connectivity index is 1.69. The number of nitrogens with zero attached hydrogens (tertiary/aromatic N) is 3. The first-order chi connectivity index (χ1) is 9.58. The summed E-state index contributed by atoms with van der Waals surface area (Å²) in [5, 5.41) is 8.04. The van der Waals surface area contributed by atoms with Crippen molar-refractivity contribution in [3.8, 4) is 0 Å². The van der Waals surface area contributed by atoms with Gasteiger partial charge in [-0.1, -0.05) is 6.42 Å². The van der Waals surface area contributed by atoms with Gasteiger partial charge in [0.05, 0.1) is 5.69 Å². The number of hydrogen-bond donors (Lipinski definition) is 1. The van der Waals surface area contributed by atoms with E-state index in [1.165, 1.54) is 44.3 Å². The molecule has 4 nitrogen and oxygen atoms in total. The summed E-state index contributed by atoms with van der Waals surface area (Å²) in [6.07, 6.45) is 7.52. The molecule has 2 heterocycles. The van der Waals surface area contributed by atoms with Gasteiger partial charge in [-0.05, 0) is 59.7 Å². The van der Waals surface area contributed by atoms with Gasteiger partial charge in [-0.2, -0.15) is 5.10 Å². The lowest BCUT2D eigenvalue weighted by atomic mass is 10.0. The third-order valence-electron chi connectivity index (χ3n) is 4.53. The van der Waals surface area contributed by atoms with Gasteiger partial charge >= 0.3 is 0 Å². The Bertz CT molecular complexity index is 413. The second-order valence-corrected chi connectivity index (χ2v) is 6.25. The summed E-state index contributed by atoms with van der Waals surface area (Å²) in [4.78, 5) is 2.64. The van der Waals surface area contributed by atoms with Crippen LogP contribution in [0, 0.1) is 6.92 Å². The van der Waals surface area contributed by atoms with Crippen LogP contribution in [0.2, 0.25) is 0 Å². The van der Waals surface area contributed by atoms with Gasteiger partial charge in [-0.3, -0.25) is 4.68 Å². The summed E-state index contributed by atoms with van der Waals surface area (Å²) in [6, 6.07) is 1.17. The first-order valence-corrected chi connectivity index (χ1v) is 8.05. The Labute approximate surface area is 123 Å². The normalized spacial score (nSPS) is 22.1. The summed E-state index contributed by atoms with van der Waals surface area (Å²) in [5.74, 6) is 0. The highest BCUT2D eigenvalue weighted by Crippen LogP contribution is 2.17. The van der Waals surface area contributed by atoms with Crippen LogP contribution in [0.5, 0.6) is 0 Å². The molecule has 20 heavy (non-hydrogen) atoms. The van der Waals surface area contributed by atoms with Gasteiger partial charge in [0.1, 0.15) is 0 Å². The average Bonchev–Trinajstić information content (AvgIpc) is 2.75. The molecule has 1 fully saturated rings. The Morgan fingerprint density at radius 3 is 2.90 bits per heavy atom. The molecule has 2 unspecified atom stereocenters. The molecule has 114 valence electrons. The molecule has 1 N–H and O–H groups in total. The first kappa shape index (κ1) is 15.5. The van der Waals surface area contributed by atoms with Gasteiger partial charge in [0.25, 0.3) is 0 Å². The maximum Gasteiger partial charge on any atom is 0.0641 e. The molecule has 1 aromatic rings. The second kappa shape index (κ2) is 7.23. The fourth-order valence-corrected chi connectivity index (χ4v) is 3.24. The zero-order valence-electron chi connectivity index (χ0n) is 13.5. The molecule has 1 aromatic heterocycles. The van der Waals surface area contributed by atoms with E-state index in [4.69, 9.17) is 0 Å². The number of nitrogens with one attached hydrogen (secondary N) is 1. The fourth-order valence-electron chi connectivity index (χ4n) is 3.24. The van der Waals surface area contributed by atoms with E-state index in [0.717, 1.165) is 18.3 Å². The minimum Gasteiger partial charge on any atom is -0.310 e. The Morgan fingerprint density at radius 2 is 2.25 bits per heavy atom. The van der Waals surface area contributed by atoms with Crippen LogP contribution in [0.25, 0.3) is 0 Å². The van der Waals surface area contributed by atoms with E-state index in [1.807, 2.05) is 11.7 Å². The lowest BCUT2D eigenvalue weighted by Crippen LogP contribution is -2.39. The molecular weight excluding hydrogens is 248 g/mol. The molecule has 2 rings (SSSR count). The molecular formula is C16H30N4. The highest BCUT2D eigenvalue weighted by molar-refractivity contribution is 5.19.